The van der Waals surface area contributed by atoms with E-state index in [0.29, 0.717) is 36.6 Å². The number of nitrogens with zero attached hydrogens (tertiary/aromatic N) is 1. The summed E-state index contributed by atoms with van der Waals surface area (Å²) in [6.45, 7) is 3.98. The number of carbonyl (C=O) groups excluding carboxylic acids is 1. The van der Waals surface area contributed by atoms with Gasteiger partial charge in [0.2, 0.25) is 11.8 Å². The molecule has 0 bridgehead atoms. The van der Waals surface area contributed by atoms with E-state index in [0.717, 1.165) is 17.5 Å². The SMILES string of the molecule is Cc1cccc(Oc2ncccc2NC(=O)C2CCCC(C(=O)O)C2)c1C. The number of rotatable bonds is 5. The van der Waals surface area contributed by atoms with Gasteiger partial charge in [0.25, 0.3) is 0 Å². The largest absolute Gasteiger partial charge is 0.481 e. The molecule has 1 aliphatic carbocycles. The van der Waals surface area contributed by atoms with E-state index < -0.39 is 11.9 Å². The van der Waals surface area contributed by atoms with Crippen molar-refractivity contribution in [3.05, 3.63) is 47.7 Å². The smallest absolute Gasteiger partial charge is 0.306 e. The zero-order valence-electron chi connectivity index (χ0n) is 15.6. The van der Waals surface area contributed by atoms with Crippen molar-refractivity contribution < 1.29 is 19.4 Å². The van der Waals surface area contributed by atoms with Gasteiger partial charge in [-0.1, -0.05) is 18.6 Å². The average Bonchev–Trinajstić information content (AvgIpc) is 2.67. The molecule has 1 amide bonds. The van der Waals surface area contributed by atoms with E-state index in [4.69, 9.17) is 4.74 Å². The highest BCUT2D eigenvalue weighted by Gasteiger charge is 2.31. The van der Waals surface area contributed by atoms with Crippen LogP contribution in [0.5, 0.6) is 11.6 Å². The first-order chi connectivity index (χ1) is 13.0. The lowest BCUT2D eigenvalue weighted by Crippen LogP contribution is -2.31. The Kier molecular flexibility index (Phi) is 5.74. The van der Waals surface area contributed by atoms with Gasteiger partial charge in [0, 0.05) is 12.1 Å². The summed E-state index contributed by atoms with van der Waals surface area (Å²) in [6, 6.07) is 9.24. The normalized spacial score (nSPS) is 19.3. The van der Waals surface area contributed by atoms with E-state index in [-0.39, 0.29) is 11.8 Å². The summed E-state index contributed by atoms with van der Waals surface area (Å²) in [5.41, 5.74) is 2.61. The van der Waals surface area contributed by atoms with Crippen LogP contribution >= 0.6 is 0 Å². The van der Waals surface area contributed by atoms with Gasteiger partial charge in [0.1, 0.15) is 11.4 Å². The molecule has 1 aromatic heterocycles. The number of aliphatic carboxylic acids is 1. The van der Waals surface area contributed by atoms with Crippen molar-refractivity contribution in [3.63, 3.8) is 0 Å². The van der Waals surface area contributed by atoms with Crippen LogP contribution in [0.4, 0.5) is 5.69 Å². The third-order valence-corrected chi connectivity index (χ3v) is 5.18. The molecule has 2 atom stereocenters. The van der Waals surface area contributed by atoms with Crippen molar-refractivity contribution in [3.8, 4) is 11.6 Å². The quantitative estimate of drug-likeness (QED) is 0.820. The molecule has 6 nitrogen and oxygen atoms in total. The Balaban J connectivity index is 1.75. The van der Waals surface area contributed by atoms with Crippen LogP contribution in [0.3, 0.4) is 0 Å². The molecule has 3 rings (SSSR count). The minimum atomic E-state index is -0.826. The van der Waals surface area contributed by atoms with Crippen molar-refractivity contribution in [2.24, 2.45) is 11.8 Å². The Bertz CT molecular complexity index is 850. The Morgan fingerprint density at radius 1 is 1.15 bits per heavy atom. The molecule has 27 heavy (non-hydrogen) atoms. The van der Waals surface area contributed by atoms with Gasteiger partial charge in [-0.15, -0.1) is 0 Å². The maximum Gasteiger partial charge on any atom is 0.306 e. The number of hydrogen-bond donors (Lipinski definition) is 2. The minimum Gasteiger partial charge on any atom is -0.481 e. The molecule has 1 aromatic carbocycles. The number of benzene rings is 1. The van der Waals surface area contributed by atoms with Gasteiger partial charge >= 0.3 is 5.97 Å². The maximum absolute atomic E-state index is 12.7. The van der Waals surface area contributed by atoms with Crippen LogP contribution in [0, 0.1) is 25.7 Å². The number of hydrogen-bond acceptors (Lipinski definition) is 4. The first kappa shape index (κ1) is 18.9. The molecule has 0 radical (unpaired) electrons. The molecule has 2 aromatic rings. The van der Waals surface area contributed by atoms with E-state index in [2.05, 4.69) is 10.3 Å². The van der Waals surface area contributed by atoms with E-state index >= 15 is 0 Å². The summed E-state index contributed by atoms with van der Waals surface area (Å²) in [5.74, 6) is -0.756. The van der Waals surface area contributed by atoms with Gasteiger partial charge in [0.15, 0.2) is 0 Å². The van der Waals surface area contributed by atoms with Crippen LogP contribution in [-0.2, 0) is 9.59 Å². The van der Waals surface area contributed by atoms with Gasteiger partial charge in [-0.05, 0) is 62.4 Å². The van der Waals surface area contributed by atoms with Crippen LogP contribution in [-0.4, -0.2) is 22.0 Å². The molecule has 142 valence electrons. The van der Waals surface area contributed by atoms with Crippen LogP contribution in [0.15, 0.2) is 36.5 Å². The number of amides is 1. The highest BCUT2D eigenvalue weighted by Crippen LogP contribution is 2.33. The molecular formula is C21H24N2O4. The summed E-state index contributed by atoms with van der Waals surface area (Å²) in [4.78, 5) is 28.2. The molecule has 1 heterocycles. The minimum absolute atomic E-state index is 0.181. The summed E-state index contributed by atoms with van der Waals surface area (Å²) in [6.07, 6.45) is 4.05. The monoisotopic (exact) mass is 368 g/mol. The van der Waals surface area contributed by atoms with Crippen molar-refractivity contribution in [1.82, 2.24) is 4.98 Å². The first-order valence-electron chi connectivity index (χ1n) is 9.18. The van der Waals surface area contributed by atoms with Gasteiger partial charge in [0.05, 0.1) is 5.92 Å². The predicted octanol–water partition coefficient (Wildman–Crippen LogP) is 4.32. The van der Waals surface area contributed by atoms with E-state index in [9.17, 15) is 14.7 Å². The Hall–Kier alpha value is -2.89. The summed E-state index contributed by atoms with van der Waals surface area (Å²) < 4.78 is 5.95. The van der Waals surface area contributed by atoms with Crippen molar-refractivity contribution in [2.75, 3.05) is 5.32 Å². The second kappa shape index (κ2) is 8.20. The number of anilines is 1. The summed E-state index contributed by atoms with van der Waals surface area (Å²) >= 11 is 0. The second-order valence-corrected chi connectivity index (χ2v) is 7.04. The van der Waals surface area contributed by atoms with Crippen molar-refractivity contribution in [2.45, 2.75) is 39.5 Å². The van der Waals surface area contributed by atoms with Gasteiger partial charge in [-0.2, -0.15) is 0 Å². The number of aryl methyl sites for hydroxylation is 1. The van der Waals surface area contributed by atoms with E-state index in [1.54, 1.807) is 18.3 Å². The summed E-state index contributed by atoms with van der Waals surface area (Å²) in [7, 11) is 0. The van der Waals surface area contributed by atoms with Gasteiger partial charge in [-0.3, -0.25) is 9.59 Å². The third kappa shape index (κ3) is 4.45. The molecular weight excluding hydrogens is 344 g/mol. The third-order valence-electron chi connectivity index (χ3n) is 5.18. The molecule has 0 aliphatic heterocycles. The van der Waals surface area contributed by atoms with Crippen LogP contribution < -0.4 is 10.1 Å². The number of carboxylic acid groups (broad SMARTS) is 1. The molecule has 2 N–H and O–H groups in total. The lowest BCUT2D eigenvalue weighted by Gasteiger charge is -2.25. The number of carboxylic acids is 1. The fourth-order valence-electron chi connectivity index (χ4n) is 3.39. The highest BCUT2D eigenvalue weighted by molar-refractivity contribution is 5.94. The molecule has 6 heteroatoms. The number of aromatic nitrogens is 1. The Labute approximate surface area is 158 Å². The molecule has 0 spiro atoms. The standard InChI is InChI=1S/C21H24N2O4/c1-13-6-3-10-18(14(13)2)27-20-17(9-5-11-22-20)23-19(24)15-7-4-8-16(12-15)21(25)26/h3,5-6,9-11,15-16H,4,7-8,12H2,1-2H3,(H,23,24)(H,25,26). The average molecular weight is 368 g/mol. The Morgan fingerprint density at radius 2 is 1.93 bits per heavy atom. The lowest BCUT2D eigenvalue weighted by molar-refractivity contribution is -0.143. The molecule has 1 saturated carbocycles. The first-order valence-corrected chi connectivity index (χ1v) is 9.18. The van der Waals surface area contributed by atoms with Crippen LogP contribution in [0.25, 0.3) is 0 Å². The summed E-state index contributed by atoms with van der Waals surface area (Å²) in [5, 5.41) is 12.1. The zero-order chi connectivity index (χ0) is 19.4. The lowest BCUT2D eigenvalue weighted by atomic mass is 9.81. The predicted molar refractivity (Wildman–Crippen MR) is 102 cm³/mol. The van der Waals surface area contributed by atoms with Crippen LogP contribution in [0.2, 0.25) is 0 Å². The number of pyridine rings is 1. The molecule has 0 saturated heterocycles. The van der Waals surface area contributed by atoms with Crippen molar-refractivity contribution in [1.29, 1.82) is 0 Å². The van der Waals surface area contributed by atoms with E-state index in [1.807, 2.05) is 32.0 Å². The second-order valence-electron chi connectivity index (χ2n) is 7.04. The number of carbonyl (C=O) groups is 2. The molecule has 1 fully saturated rings. The van der Waals surface area contributed by atoms with Gasteiger partial charge in [-0.25, -0.2) is 4.98 Å². The van der Waals surface area contributed by atoms with Crippen molar-refractivity contribution >= 4 is 17.6 Å². The fraction of sp³-hybridized carbons (Fsp3) is 0.381. The molecule has 2 unspecified atom stereocenters. The molecule has 1 aliphatic rings. The van der Waals surface area contributed by atoms with Crippen LogP contribution in [0.1, 0.15) is 36.8 Å². The highest BCUT2D eigenvalue weighted by atomic mass is 16.5. The zero-order valence-corrected chi connectivity index (χ0v) is 15.6. The van der Waals surface area contributed by atoms with E-state index in [1.165, 1.54) is 0 Å². The number of ether oxygens (including phenoxy) is 1. The number of nitrogens with one attached hydrogen (secondary N) is 1. The fourth-order valence-corrected chi connectivity index (χ4v) is 3.39. The maximum atomic E-state index is 12.7. The topological polar surface area (TPSA) is 88.5 Å². The van der Waals surface area contributed by atoms with Gasteiger partial charge < -0.3 is 15.2 Å². The Morgan fingerprint density at radius 3 is 2.70 bits per heavy atom.